The van der Waals surface area contributed by atoms with Gasteiger partial charge in [-0.3, -0.25) is 9.59 Å². The highest BCUT2D eigenvalue weighted by Gasteiger charge is 2.10. The van der Waals surface area contributed by atoms with E-state index in [1.165, 1.54) is 14.2 Å². The lowest BCUT2D eigenvalue weighted by Crippen LogP contribution is -2.29. The van der Waals surface area contributed by atoms with Crippen molar-refractivity contribution in [3.63, 3.8) is 0 Å². The molecule has 0 saturated heterocycles. The number of fused-ring (bicyclic) bond motifs is 1. The second kappa shape index (κ2) is 7.04. The van der Waals surface area contributed by atoms with Crippen LogP contribution in [0.1, 0.15) is 0 Å². The van der Waals surface area contributed by atoms with Crippen molar-refractivity contribution in [1.82, 2.24) is 9.78 Å². The SMILES string of the molecule is COc1cc(NC(=O)Cn2ncc3ccccc3c2=O)cc(OC)c1. The molecule has 0 radical (unpaired) electrons. The molecule has 7 nitrogen and oxygen atoms in total. The molecule has 0 bridgehead atoms. The molecule has 0 aliphatic heterocycles. The zero-order chi connectivity index (χ0) is 17.8. The predicted molar refractivity (Wildman–Crippen MR) is 94.2 cm³/mol. The number of nitrogens with zero attached hydrogens (tertiary/aromatic N) is 2. The molecular formula is C18H17N3O4. The zero-order valence-electron chi connectivity index (χ0n) is 13.9. The fourth-order valence-electron chi connectivity index (χ4n) is 2.46. The van der Waals surface area contributed by atoms with Gasteiger partial charge < -0.3 is 14.8 Å². The van der Waals surface area contributed by atoms with Gasteiger partial charge >= 0.3 is 0 Å². The molecule has 0 fully saturated rings. The molecule has 0 unspecified atom stereocenters. The normalized spacial score (nSPS) is 10.5. The second-order valence-corrected chi connectivity index (χ2v) is 5.34. The Morgan fingerprint density at radius 2 is 1.80 bits per heavy atom. The maximum Gasteiger partial charge on any atom is 0.275 e. The molecule has 25 heavy (non-hydrogen) atoms. The van der Waals surface area contributed by atoms with E-state index in [0.717, 1.165) is 10.1 Å². The summed E-state index contributed by atoms with van der Waals surface area (Å²) in [5.74, 6) is 0.728. The lowest BCUT2D eigenvalue weighted by Gasteiger charge is -2.10. The number of ether oxygens (including phenoxy) is 2. The van der Waals surface area contributed by atoms with Crippen LogP contribution < -0.4 is 20.3 Å². The van der Waals surface area contributed by atoms with Gasteiger partial charge in [0.05, 0.1) is 25.8 Å². The highest BCUT2D eigenvalue weighted by molar-refractivity contribution is 5.91. The predicted octanol–water partition coefficient (Wildman–Crippen LogP) is 2.05. The number of rotatable bonds is 5. The van der Waals surface area contributed by atoms with Gasteiger partial charge in [0, 0.05) is 29.3 Å². The standard InChI is InChI=1S/C18H17N3O4/c1-24-14-7-13(8-15(9-14)25-2)20-17(22)11-21-18(23)16-6-4-3-5-12(16)10-19-21/h3-10H,11H2,1-2H3,(H,20,22). The van der Waals surface area contributed by atoms with Gasteiger partial charge in [0.25, 0.3) is 5.56 Å². The fraction of sp³-hybridized carbons (Fsp3) is 0.167. The number of hydrogen-bond donors (Lipinski definition) is 1. The Balaban J connectivity index is 1.81. The van der Waals surface area contributed by atoms with Crippen molar-refractivity contribution in [2.24, 2.45) is 0 Å². The Morgan fingerprint density at radius 3 is 2.48 bits per heavy atom. The molecule has 0 aliphatic rings. The molecule has 1 aromatic heterocycles. The molecular weight excluding hydrogens is 322 g/mol. The lowest BCUT2D eigenvalue weighted by molar-refractivity contribution is -0.117. The monoisotopic (exact) mass is 339 g/mol. The number of nitrogens with one attached hydrogen (secondary N) is 1. The smallest absolute Gasteiger partial charge is 0.275 e. The number of aromatic nitrogens is 2. The first kappa shape index (κ1) is 16.5. The van der Waals surface area contributed by atoms with E-state index >= 15 is 0 Å². The van der Waals surface area contributed by atoms with Crippen LogP contribution in [0.4, 0.5) is 5.69 Å². The van der Waals surface area contributed by atoms with Crippen LogP contribution >= 0.6 is 0 Å². The second-order valence-electron chi connectivity index (χ2n) is 5.34. The summed E-state index contributed by atoms with van der Waals surface area (Å²) in [4.78, 5) is 24.7. The first-order valence-corrected chi connectivity index (χ1v) is 7.58. The van der Waals surface area contributed by atoms with Crippen LogP contribution in [0.25, 0.3) is 10.8 Å². The molecule has 0 atom stereocenters. The Labute approximate surface area is 143 Å². The maximum atomic E-state index is 12.4. The third-order valence-corrected chi connectivity index (χ3v) is 3.69. The lowest BCUT2D eigenvalue weighted by atomic mass is 10.2. The first-order chi connectivity index (χ1) is 12.1. The molecule has 0 saturated carbocycles. The molecule has 0 aliphatic carbocycles. The molecule has 1 N–H and O–H groups in total. The summed E-state index contributed by atoms with van der Waals surface area (Å²) in [6.07, 6.45) is 1.57. The molecule has 7 heteroatoms. The molecule has 0 spiro atoms. The van der Waals surface area contributed by atoms with Gasteiger partial charge in [0.15, 0.2) is 0 Å². The number of hydrogen-bond acceptors (Lipinski definition) is 5. The fourth-order valence-corrected chi connectivity index (χ4v) is 2.46. The highest BCUT2D eigenvalue weighted by atomic mass is 16.5. The van der Waals surface area contributed by atoms with Crippen molar-refractivity contribution in [3.8, 4) is 11.5 Å². The van der Waals surface area contributed by atoms with Gasteiger partial charge in [-0.25, -0.2) is 4.68 Å². The van der Waals surface area contributed by atoms with E-state index in [2.05, 4.69) is 10.4 Å². The van der Waals surface area contributed by atoms with Crippen molar-refractivity contribution in [2.75, 3.05) is 19.5 Å². The van der Waals surface area contributed by atoms with Crippen LogP contribution in [0.15, 0.2) is 53.5 Å². The Hall–Kier alpha value is -3.35. The summed E-state index contributed by atoms with van der Waals surface area (Å²) in [6, 6.07) is 12.1. The summed E-state index contributed by atoms with van der Waals surface area (Å²) in [5.41, 5.74) is 0.200. The number of carbonyl (C=O) groups is 1. The summed E-state index contributed by atoms with van der Waals surface area (Å²) in [5, 5.41) is 8.03. The van der Waals surface area contributed by atoms with Crippen molar-refractivity contribution >= 4 is 22.4 Å². The number of benzene rings is 2. The Morgan fingerprint density at radius 1 is 1.12 bits per heavy atom. The summed E-state index contributed by atoms with van der Waals surface area (Å²) in [6.45, 7) is -0.191. The van der Waals surface area contributed by atoms with E-state index in [9.17, 15) is 9.59 Å². The van der Waals surface area contributed by atoms with E-state index in [4.69, 9.17) is 9.47 Å². The Kier molecular flexibility index (Phi) is 4.65. The minimum atomic E-state index is -0.375. The summed E-state index contributed by atoms with van der Waals surface area (Å²) >= 11 is 0. The van der Waals surface area contributed by atoms with Gasteiger partial charge in [-0.15, -0.1) is 0 Å². The average Bonchev–Trinajstić information content (AvgIpc) is 2.63. The molecule has 128 valence electrons. The topological polar surface area (TPSA) is 82.5 Å². The van der Waals surface area contributed by atoms with Gasteiger partial charge in [0.2, 0.25) is 5.91 Å². The molecule has 3 aromatic rings. The number of carbonyl (C=O) groups excluding carboxylic acids is 1. The van der Waals surface area contributed by atoms with E-state index in [-0.39, 0.29) is 18.0 Å². The number of amides is 1. The number of methoxy groups -OCH3 is 2. The van der Waals surface area contributed by atoms with Crippen LogP contribution in [0, 0.1) is 0 Å². The largest absolute Gasteiger partial charge is 0.497 e. The quantitative estimate of drug-likeness (QED) is 0.769. The van der Waals surface area contributed by atoms with Crippen molar-refractivity contribution in [2.45, 2.75) is 6.54 Å². The first-order valence-electron chi connectivity index (χ1n) is 7.58. The summed E-state index contributed by atoms with van der Waals surface area (Å²) in [7, 11) is 3.05. The third kappa shape index (κ3) is 3.60. The maximum absolute atomic E-state index is 12.4. The molecule has 1 heterocycles. The van der Waals surface area contributed by atoms with Crippen molar-refractivity contribution in [1.29, 1.82) is 0 Å². The van der Waals surface area contributed by atoms with Crippen LogP contribution in [0.2, 0.25) is 0 Å². The molecule has 1 amide bonds. The van der Waals surface area contributed by atoms with Crippen LogP contribution in [-0.4, -0.2) is 29.9 Å². The minimum absolute atomic E-state index is 0.191. The van der Waals surface area contributed by atoms with Gasteiger partial charge in [0.1, 0.15) is 18.0 Å². The van der Waals surface area contributed by atoms with Crippen LogP contribution in [0.5, 0.6) is 11.5 Å². The van der Waals surface area contributed by atoms with E-state index < -0.39 is 0 Å². The van der Waals surface area contributed by atoms with Crippen LogP contribution in [-0.2, 0) is 11.3 Å². The van der Waals surface area contributed by atoms with E-state index in [1.54, 1.807) is 42.6 Å². The number of anilines is 1. The van der Waals surface area contributed by atoms with Crippen LogP contribution in [0.3, 0.4) is 0 Å². The summed E-state index contributed by atoms with van der Waals surface area (Å²) < 4.78 is 11.5. The van der Waals surface area contributed by atoms with E-state index in [0.29, 0.717) is 22.6 Å². The minimum Gasteiger partial charge on any atom is -0.497 e. The zero-order valence-corrected chi connectivity index (χ0v) is 13.9. The average molecular weight is 339 g/mol. The van der Waals surface area contributed by atoms with Gasteiger partial charge in [-0.1, -0.05) is 18.2 Å². The van der Waals surface area contributed by atoms with Crippen molar-refractivity contribution in [3.05, 3.63) is 59.0 Å². The Bertz CT molecular complexity index is 959. The van der Waals surface area contributed by atoms with Crippen molar-refractivity contribution < 1.29 is 14.3 Å². The highest BCUT2D eigenvalue weighted by Crippen LogP contribution is 2.25. The third-order valence-electron chi connectivity index (χ3n) is 3.69. The van der Waals surface area contributed by atoms with E-state index in [1.807, 2.05) is 6.07 Å². The van der Waals surface area contributed by atoms with Gasteiger partial charge in [-0.05, 0) is 6.07 Å². The van der Waals surface area contributed by atoms with Gasteiger partial charge in [-0.2, -0.15) is 5.10 Å². The molecule has 3 rings (SSSR count). The molecule has 2 aromatic carbocycles.